The molecule has 5 rings (SSSR count). The summed E-state index contributed by atoms with van der Waals surface area (Å²) in [5, 5.41) is 9.95. The molecule has 2 heterocycles. The van der Waals surface area contributed by atoms with Crippen LogP contribution in [0.1, 0.15) is 15.9 Å². The average Bonchev–Trinajstić information content (AvgIpc) is 3.37. The molecule has 0 aliphatic carbocycles. The highest BCUT2D eigenvalue weighted by Gasteiger charge is 2.31. The molecule has 8 nitrogen and oxygen atoms in total. The number of anilines is 2. The van der Waals surface area contributed by atoms with Crippen molar-refractivity contribution < 1.29 is 27.5 Å². The largest absolute Gasteiger partial charge is 0.416 e. The van der Waals surface area contributed by atoms with Gasteiger partial charge in [0.2, 0.25) is 5.91 Å². The number of fused-ring (bicyclic) bond motifs is 1. The van der Waals surface area contributed by atoms with E-state index in [9.17, 15) is 22.8 Å². The van der Waals surface area contributed by atoms with Crippen molar-refractivity contribution in [3.05, 3.63) is 102 Å². The van der Waals surface area contributed by atoms with E-state index in [-0.39, 0.29) is 18.1 Å². The number of amides is 2. The number of nitrogens with one attached hydrogen (secondary N) is 2. The fourth-order valence-corrected chi connectivity index (χ4v) is 4.20. The summed E-state index contributed by atoms with van der Waals surface area (Å²) < 4.78 is 45.7. The molecule has 2 aromatic heterocycles. The Labute approximate surface area is 226 Å². The molecule has 0 saturated heterocycles. The molecule has 0 atom stereocenters. The average molecular weight is 546 g/mol. The summed E-state index contributed by atoms with van der Waals surface area (Å²) in [6.07, 6.45) is -1.25. The second-order valence-corrected chi connectivity index (χ2v) is 8.80. The number of hydrogen-bond donors (Lipinski definition) is 2. The molecule has 0 spiro atoms. The highest BCUT2D eigenvalue weighted by atomic mass is 19.4. The van der Waals surface area contributed by atoms with Gasteiger partial charge in [0.05, 0.1) is 17.5 Å². The van der Waals surface area contributed by atoms with Crippen molar-refractivity contribution in [2.45, 2.75) is 6.18 Å². The first-order valence-corrected chi connectivity index (χ1v) is 12.0. The molecule has 3 aromatic carbocycles. The maximum atomic E-state index is 13.1. The number of benzene rings is 3. The normalized spacial score (nSPS) is 11.4. The third-order valence-corrected chi connectivity index (χ3v) is 6.00. The molecule has 11 heteroatoms. The van der Waals surface area contributed by atoms with Gasteiger partial charge in [-0.3, -0.25) is 9.59 Å². The van der Waals surface area contributed by atoms with Crippen molar-refractivity contribution in [3.63, 3.8) is 0 Å². The summed E-state index contributed by atoms with van der Waals surface area (Å²) in [4.78, 5) is 29.1. The van der Waals surface area contributed by atoms with Crippen molar-refractivity contribution in [3.8, 4) is 22.4 Å². The minimum Gasteiger partial charge on any atom is -0.375 e. The van der Waals surface area contributed by atoms with Crippen LogP contribution < -0.4 is 10.6 Å². The first-order valence-electron chi connectivity index (χ1n) is 12.0. The lowest BCUT2D eigenvalue weighted by Crippen LogP contribution is -2.16. The predicted molar refractivity (Wildman–Crippen MR) is 144 cm³/mol. The van der Waals surface area contributed by atoms with Crippen LogP contribution >= 0.6 is 0 Å². The second-order valence-electron chi connectivity index (χ2n) is 8.80. The topological polar surface area (TPSA) is 97.6 Å². The quantitative estimate of drug-likeness (QED) is 0.265. The predicted octanol–water partition coefficient (Wildman–Crippen LogP) is 5.92. The third kappa shape index (κ3) is 5.69. The van der Waals surface area contributed by atoms with Crippen molar-refractivity contribution in [1.82, 2.24) is 14.6 Å². The van der Waals surface area contributed by atoms with E-state index < -0.39 is 17.6 Å². The SMILES string of the molecule is COCC(=O)Nc1cccc(-c2cnn3c(-c4cccc(NC(=O)c5cccc(C(F)(F)F)c5)c4)ccnc23)c1. The number of nitrogens with zero attached hydrogens (tertiary/aromatic N) is 3. The number of rotatable bonds is 7. The van der Waals surface area contributed by atoms with Crippen LogP contribution in [0.15, 0.2) is 91.3 Å². The molecule has 0 aliphatic heterocycles. The second kappa shape index (κ2) is 11.0. The Hall–Kier alpha value is -5.03. The highest BCUT2D eigenvalue weighted by Crippen LogP contribution is 2.31. The molecule has 202 valence electrons. The molecule has 0 radical (unpaired) electrons. The number of hydrogen-bond acceptors (Lipinski definition) is 5. The number of carbonyl (C=O) groups excluding carboxylic acids is 2. The minimum atomic E-state index is -4.55. The maximum Gasteiger partial charge on any atom is 0.416 e. The van der Waals surface area contributed by atoms with Crippen LogP contribution in [0.4, 0.5) is 24.5 Å². The summed E-state index contributed by atoms with van der Waals surface area (Å²) in [6, 6.07) is 20.2. The fourth-order valence-electron chi connectivity index (χ4n) is 4.20. The molecule has 0 fully saturated rings. The zero-order chi connectivity index (χ0) is 28.3. The maximum absolute atomic E-state index is 13.1. The van der Waals surface area contributed by atoms with Crippen molar-refractivity contribution in [2.75, 3.05) is 24.4 Å². The monoisotopic (exact) mass is 545 g/mol. The molecule has 0 bridgehead atoms. The number of methoxy groups -OCH3 is 1. The van der Waals surface area contributed by atoms with Gasteiger partial charge in [0, 0.05) is 41.4 Å². The lowest BCUT2D eigenvalue weighted by Gasteiger charge is -2.11. The molecule has 0 aliphatic rings. The van der Waals surface area contributed by atoms with Crippen LogP contribution in [0.2, 0.25) is 0 Å². The Morgan fingerprint density at radius 1 is 0.900 bits per heavy atom. The van der Waals surface area contributed by atoms with Gasteiger partial charge in [-0.25, -0.2) is 9.50 Å². The molecule has 0 unspecified atom stereocenters. The molecular formula is C29H22F3N5O3. The number of halogens is 3. The first-order chi connectivity index (χ1) is 19.2. The van der Waals surface area contributed by atoms with Gasteiger partial charge in [0.15, 0.2) is 5.65 Å². The number of alkyl halides is 3. The highest BCUT2D eigenvalue weighted by molar-refractivity contribution is 6.04. The Kier molecular flexibility index (Phi) is 7.30. The van der Waals surface area contributed by atoms with Gasteiger partial charge in [-0.05, 0) is 54.1 Å². The first kappa shape index (κ1) is 26.6. The molecule has 0 saturated carbocycles. The Bertz CT molecular complexity index is 1720. The minimum absolute atomic E-state index is 0.0642. The molecule has 2 amide bonds. The zero-order valence-electron chi connectivity index (χ0n) is 21.1. The van der Waals surface area contributed by atoms with Crippen LogP contribution in [0.5, 0.6) is 0 Å². The lowest BCUT2D eigenvalue weighted by atomic mass is 10.1. The van der Waals surface area contributed by atoms with Gasteiger partial charge in [0.1, 0.15) is 6.61 Å². The van der Waals surface area contributed by atoms with E-state index in [0.29, 0.717) is 28.3 Å². The molecule has 40 heavy (non-hydrogen) atoms. The van der Waals surface area contributed by atoms with Gasteiger partial charge >= 0.3 is 6.18 Å². The number of aromatic nitrogens is 3. The molecule has 5 aromatic rings. The van der Waals surface area contributed by atoms with Crippen LogP contribution in [-0.2, 0) is 15.7 Å². The summed E-state index contributed by atoms with van der Waals surface area (Å²) in [7, 11) is 1.44. The van der Waals surface area contributed by atoms with Crippen LogP contribution in [0, 0.1) is 0 Å². The molecule has 2 N–H and O–H groups in total. The zero-order valence-corrected chi connectivity index (χ0v) is 21.1. The smallest absolute Gasteiger partial charge is 0.375 e. The van der Waals surface area contributed by atoms with Crippen molar-refractivity contribution in [1.29, 1.82) is 0 Å². The van der Waals surface area contributed by atoms with Gasteiger partial charge in [-0.2, -0.15) is 18.3 Å². The third-order valence-electron chi connectivity index (χ3n) is 6.00. The van der Waals surface area contributed by atoms with Gasteiger partial charge in [0.25, 0.3) is 5.91 Å². The summed E-state index contributed by atoms with van der Waals surface area (Å²) >= 11 is 0. The van der Waals surface area contributed by atoms with Crippen LogP contribution in [0.3, 0.4) is 0 Å². The van der Waals surface area contributed by atoms with Crippen molar-refractivity contribution in [2.24, 2.45) is 0 Å². The van der Waals surface area contributed by atoms with Gasteiger partial charge in [-0.15, -0.1) is 0 Å². The summed E-state index contributed by atoms with van der Waals surface area (Å²) in [5.41, 5.74) is 3.46. The van der Waals surface area contributed by atoms with E-state index in [1.54, 1.807) is 47.2 Å². The van der Waals surface area contributed by atoms with Crippen molar-refractivity contribution >= 4 is 28.8 Å². The fraction of sp³-hybridized carbons (Fsp3) is 0.103. The standard InChI is InChI=1S/C29H22F3N5O3/c1-40-17-26(38)35-22-9-3-5-18(14-22)24-16-34-37-25(11-12-33-27(24)37)19-6-4-10-23(15-19)36-28(39)20-7-2-8-21(13-20)29(30,31)32/h2-16H,17H2,1H3,(H,35,38)(H,36,39). The van der Waals surface area contributed by atoms with E-state index in [2.05, 4.69) is 20.7 Å². The number of carbonyl (C=O) groups is 2. The van der Waals surface area contributed by atoms with E-state index >= 15 is 0 Å². The lowest BCUT2D eigenvalue weighted by molar-refractivity contribution is -0.137. The van der Waals surface area contributed by atoms with Crippen LogP contribution in [-0.4, -0.2) is 40.1 Å². The van der Waals surface area contributed by atoms with E-state index in [1.807, 2.05) is 24.3 Å². The van der Waals surface area contributed by atoms with Gasteiger partial charge in [-0.1, -0.05) is 30.3 Å². The Morgan fingerprint density at radius 3 is 2.35 bits per heavy atom. The Balaban J connectivity index is 1.43. The van der Waals surface area contributed by atoms with E-state index in [4.69, 9.17) is 4.74 Å². The van der Waals surface area contributed by atoms with E-state index in [1.165, 1.54) is 19.2 Å². The summed E-state index contributed by atoms with van der Waals surface area (Å²) in [6.45, 7) is -0.0642. The van der Waals surface area contributed by atoms with Gasteiger partial charge < -0.3 is 15.4 Å². The Morgan fingerprint density at radius 2 is 1.60 bits per heavy atom. The number of ether oxygens (including phenoxy) is 1. The molecular weight excluding hydrogens is 523 g/mol. The van der Waals surface area contributed by atoms with Crippen LogP contribution in [0.25, 0.3) is 28.0 Å². The van der Waals surface area contributed by atoms with E-state index in [0.717, 1.165) is 23.3 Å². The summed E-state index contributed by atoms with van der Waals surface area (Å²) in [5.74, 6) is -0.943.